The van der Waals surface area contributed by atoms with E-state index in [1.165, 1.54) is 24.3 Å². The molecule has 1 aromatic rings. The van der Waals surface area contributed by atoms with Crippen molar-refractivity contribution in [1.82, 2.24) is 0 Å². The standard InChI is InChI=1S/C32H39FO17S/c1-14(34)41-12-23-25(43-16(3)36)27(44-17(4)37)29(46-19(6)39)31(48-23)50-26-24(13-42-15(2)35)49-32(51-22-10-8-21(33)9-11-22)30(47-20(7)40)28(26)45-18(5)38/h8-11,23-32H,12-13H2,1-7H3/t23?,24?,25-,26-,27?,28?,29?,30?,31-,32+/m1/s1. The van der Waals surface area contributed by atoms with Crippen LogP contribution in [0.4, 0.5) is 4.39 Å². The number of esters is 7. The fourth-order valence-electron chi connectivity index (χ4n) is 5.21. The van der Waals surface area contributed by atoms with Crippen LogP contribution in [0.15, 0.2) is 29.2 Å². The number of hydrogen-bond acceptors (Lipinski definition) is 18. The van der Waals surface area contributed by atoms with Crippen LogP contribution in [-0.2, 0) is 80.9 Å². The molecule has 0 aliphatic carbocycles. The van der Waals surface area contributed by atoms with Crippen LogP contribution in [0.25, 0.3) is 0 Å². The molecule has 17 nitrogen and oxygen atoms in total. The first kappa shape index (κ1) is 41.1. The van der Waals surface area contributed by atoms with Gasteiger partial charge < -0.3 is 47.4 Å². The van der Waals surface area contributed by atoms with Gasteiger partial charge in [-0.05, 0) is 24.3 Å². The zero-order valence-corrected chi connectivity index (χ0v) is 29.5. The van der Waals surface area contributed by atoms with Crippen molar-refractivity contribution in [2.24, 2.45) is 0 Å². The van der Waals surface area contributed by atoms with E-state index in [-0.39, 0.29) is 0 Å². The number of carbonyl (C=O) groups excluding carboxylic acids is 7. The second-order valence-corrected chi connectivity index (χ2v) is 12.4. The van der Waals surface area contributed by atoms with Gasteiger partial charge in [-0.2, -0.15) is 0 Å². The van der Waals surface area contributed by atoms with Crippen molar-refractivity contribution < 1.29 is 85.3 Å². The van der Waals surface area contributed by atoms with E-state index in [1.54, 1.807) is 0 Å². The molecule has 3 rings (SSSR count). The lowest BCUT2D eigenvalue weighted by Crippen LogP contribution is -2.66. The molecule has 2 saturated heterocycles. The first-order valence-corrected chi connectivity index (χ1v) is 16.3. The van der Waals surface area contributed by atoms with E-state index in [0.29, 0.717) is 4.90 Å². The van der Waals surface area contributed by atoms with Crippen molar-refractivity contribution >= 4 is 53.5 Å². The Kier molecular flexibility index (Phi) is 15.1. The number of ether oxygens (including phenoxy) is 10. The minimum atomic E-state index is -1.80. The summed E-state index contributed by atoms with van der Waals surface area (Å²) in [6.07, 6.45) is -13.9. The van der Waals surface area contributed by atoms with Crippen molar-refractivity contribution in [2.75, 3.05) is 13.2 Å². The minimum absolute atomic E-state index is 0.449. The van der Waals surface area contributed by atoms with E-state index in [9.17, 15) is 38.0 Å². The Balaban J connectivity index is 2.16. The molecule has 19 heteroatoms. The lowest BCUT2D eigenvalue weighted by atomic mass is 9.96. The molecule has 51 heavy (non-hydrogen) atoms. The summed E-state index contributed by atoms with van der Waals surface area (Å²) < 4.78 is 70.2. The van der Waals surface area contributed by atoms with Crippen LogP contribution in [0.5, 0.6) is 0 Å². The second kappa shape index (κ2) is 18.8. The molecule has 282 valence electrons. The van der Waals surface area contributed by atoms with Gasteiger partial charge >= 0.3 is 41.8 Å². The number of hydrogen-bond donors (Lipinski definition) is 0. The summed E-state index contributed by atoms with van der Waals surface area (Å²) in [5.74, 6) is -6.39. The summed E-state index contributed by atoms with van der Waals surface area (Å²) in [6.45, 7) is 6.37. The summed E-state index contributed by atoms with van der Waals surface area (Å²) in [6, 6.07) is 5.22. The molecule has 0 aromatic heterocycles. The first-order valence-electron chi connectivity index (χ1n) is 15.5. The summed E-state index contributed by atoms with van der Waals surface area (Å²) in [4.78, 5) is 85.9. The average Bonchev–Trinajstić information content (AvgIpc) is 3.00. The lowest BCUT2D eigenvalue weighted by molar-refractivity contribution is -0.341. The minimum Gasteiger partial charge on any atom is -0.463 e. The highest BCUT2D eigenvalue weighted by atomic mass is 32.2. The Morgan fingerprint density at radius 1 is 0.549 bits per heavy atom. The number of halogens is 1. The Morgan fingerprint density at radius 2 is 0.961 bits per heavy atom. The van der Waals surface area contributed by atoms with Gasteiger partial charge in [0.2, 0.25) is 0 Å². The molecule has 0 bridgehead atoms. The lowest BCUT2D eigenvalue weighted by Gasteiger charge is -2.48. The van der Waals surface area contributed by atoms with Gasteiger partial charge in [-0.25, -0.2) is 4.39 Å². The average molecular weight is 747 g/mol. The maximum Gasteiger partial charge on any atom is 0.303 e. The molecule has 2 aliphatic rings. The number of rotatable bonds is 13. The number of thioether (sulfide) groups is 1. The molecule has 2 fully saturated rings. The molecule has 2 heterocycles. The summed E-state index contributed by atoms with van der Waals surface area (Å²) in [5, 5.41) is 0. The third-order valence-electron chi connectivity index (χ3n) is 6.95. The van der Waals surface area contributed by atoms with Crippen LogP contribution in [0, 0.1) is 5.82 Å². The van der Waals surface area contributed by atoms with Crippen molar-refractivity contribution in [3.63, 3.8) is 0 Å². The van der Waals surface area contributed by atoms with Gasteiger partial charge in [0.15, 0.2) is 36.8 Å². The molecule has 2 aliphatic heterocycles. The third-order valence-corrected chi connectivity index (χ3v) is 8.11. The van der Waals surface area contributed by atoms with Crippen LogP contribution in [0.1, 0.15) is 48.5 Å². The number of benzene rings is 1. The van der Waals surface area contributed by atoms with Gasteiger partial charge in [0.25, 0.3) is 0 Å². The highest BCUT2D eigenvalue weighted by Gasteiger charge is 2.57. The van der Waals surface area contributed by atoms with E-state index in [0.717, 1.165) is 60.2 Å². The fraction of sp³-hybridized carbons (Fsp3) is 0.594. The van der Waals surface area contributed by atoms with Crippen LogP contribution < -0.4 is 0 Å². The second-order valence-electron chi connectivity index (χ2n) is 11.2. The van der Waals surface area contributed by atoms with Crippen LogP contribution >= 0.6 is 11.8 Å². The third kappa shape index (κ3) is 12.4. The number of carbonyl (C=O) groups is 7. The molecule has 6 unspecified atom stereocenters. The highest BCUT2D eigenvalue weighted by Crippen LogP contribution is 2.39. The maximum absolute atomic E-state index is 13.7. The zero-order valence-electron chi connectivity index (χ0n) is 28.7. The summed E-state index contributed by atoms with van der Waals surface area (Å²) in [7, 11) is 0. The molecular formula is C32H39FO17S. The zero-order chi connectivity index (χ0) is 38.0. The topological polar surface area (TPSA) is 212 Å². The Morgan fingerprint density at radius 3 is 1.43 bits per heavy atom. The van der Waals surface area contributed by atoms with Gasteiger partial charge in [0, 0.05) is 53.4 Å². The summed E-state index contributed by atoms with van der Waals surface area (Å²) in [5.41, 5.74) is -1.18. The molecule has 0 amide bonds. The van der Waals surface area contributed by atoms with Crippen molar-refractivity contribution in [3.8, 4) is 0 Å². The molecule has 0 saturated carbocycles. The van der Waals surface area contributed by atoms with Crippen LogP contribution in [-0.4, -0.2) is 116 Å². The van der Waals surface area contributed by atoms with Gasteiger partial charge in [0.05, 0.1) is 0 Å². The molecule has 0 spiro atoms. The van der Waals surface area contributed by atoms with Gasteiger partial charge in [-0.15, -0.1) is 0 Å². The SMILES string of the molecule is CC(=O)OCC1O[C@H](O[C@@H]2C(COC(C)=O)O[C@@H](Sc3ccc(F)cc3)C(OC(C)=O)C2OC(C)=O)C(OC(C)=O)C(OC(C)=O)[C@@H]1OC(C)=O. The van der Waals surface area contributed by atoms with E-state index in [2.05, 4.69) is 0 Å². The smallest absolute Gasteiger partial charge is 0.303 e. The van der Waals surface area contributed by atoms with Crippen molar-refractivity contribution in [2.45, 2.75) is 114 Å². The van der Waals surface area contributed by atoms with Gasteiger partial charge in [-0.3, -0.25) is 33.6 Å². The van der Waals surface area contributed by atoms with Crippen molar-refractivity contribution in [1.29, 1.82) is 0 Å². The molecular weight excluding hydrogens is 707 g/mol. The highest BCUT2D eigenvalue weighted by molar-refractivity contribution is 7.99. The van der Waals surface area contributed by atoms with E-state index >= 15 is 0 Å². The Labute approximate surface area is 295 Å². The monoisotopic (exact) mass is 746 g/mol. The van der Waals surface area contributed by atoms with Gasteiger partial charge in [-0.1, -0.05) is 11.8 Å². The predicted octanol–water partition coefficient (Wildman–Crippen LogP) is 1.54. The fourth-order valence-corrected chi connectivity index (χ4v) is 6.32. The first-order chi connectivity index (χ1) is 23.9. The largest absolute Gasteiger partial charge is 0.463 e. The molecule has 0 N–H and O–H groups in total. The van der Waals surface area contributed by atoms with E-state index in [4.69, 9.17) is 47.4 Å². The molecule has 0 radical (unpaired) electrons. The summed E-state index contributed by atoms with van der Waals surface area (Å²) >= 11 is 0.964. The Hall–Kier alpha value is -4.33. The van der Waals surface area contributed by atoms with Crippen LogP contribution in [0.3, 0.4) is 0 Å². The Bertz CT molecular complexity index is 1440. The predicted molar refractivity (Wildman–Crippen MR) is 165 cm³/mol. The quantitative estimate of drug-likeness (QED) is 0.207. The van der Waals surface area contributed by atoms with Crippen molar-refractivity contribution in [3.05, 3.63) is 30.1 Å². The normalized spacial score (nSPS) is 28.7. The molecule has 10 atom stereocenters. The van der Waals surface area contributed by atoms with Crippen LogP contribution in [0.2, 0.25) is 0 Å². The molecule has 1 aromatic carbocycles. The maximum atomic E-state index is 13.7. The van der Waals surface area contributed by atoms with Gasteiger partial charge in [0.1, 0.15) is 42.8 Å². The van der Waals surface area contributed by atoms with E-state index < -0.39 is 121 Å². The van der Waals surface area contributed by atoms with E-state index in [1.807, 2.05) is 0 Å².